The summed E-state index contributed by atoms with van der Waals surface area (Å²) in [6, 6.07) is 14.8. The number of amides is 1. The number of nitrogens with zero attached hydrogens (tertiary/aromatic N) is 2. The predicted octanol–water partition coefficient (Wildman–Crippen LogP) is 2.56. The minimum atomic E-state index is -0.691. The third kappa shape index (κ3) is 5.48. The lowest BCUT2D eigenvalue weighted by molar-refractivity contribution is -0.118. The molecule has 0 aliphatic carbocycles. The summed E-state index contributed by atoms with van der Waals surface area (Å²) in [6.07, 6.45) is 1.28. The SMILES string of the molecule is CCCC(=O)N(CCc1ccc(OC)c(OC)c1)c1c(N)n(Cc2ccccc2)c(=O)[nH]c1=O. The molecule has 180 valence electrons. The fourth-order valence-corrected chi connectivity index (χ4v) is 3.75. The van der Waals surface area contributed by atoms with Crippen molar-refractivity contribution >= 4 is 17.4 Å². The average Bonchev–Trinajstić information content (AvgIpc) is 2.84. The number of aromatic nitrogens is 2. The van der Waals surface area contributed by atoms with Gasteiger partial charge >= 0.3 is 5.69 Å². The molecule has 9 heteroatoms. The molecular weight excluding hydrogens is 436 g/mol. The number of anilines is 2. The summed E-state index contributed by atoms with van der Waals surface area (Å²) >= 11 is 0. The number of H-pyrrole nitrogens is 1. The topological polar surface area (TPSA) is 120 Å². The number of carbonyl (C=O) groups excluding carboxylic acids is 1. The van der Waals surface area contributed by atoms with Crippen LogP contribution in [0.4, 0.5) is 11.5 Å². The maximum Gasteiger partial charge on any atom is 0.330 e. The van der Waals surface area contributed by atoms with E-state index in [-0.39, 0.29) is 36.9 Å². The fraction of sp³-hybridized carbons (Fsp3) is 0.320. The number of rotatable bonds is 10. The van der Waals surface area contributed by atoms with Gasteiger partial charge in [0.15, 0.2) is 17.2 Å². The highest BCUT2D eigenvalue weighted by atomic mass is 16.5. The van der Waals surface area contributed by atoms with E-state index < -0.39 is 11.2 Å². The molecule has 0 spiro atoms. The van der Waals surface area contributed by atoms with Crippen LogP contribution in [0.2, 0.25) is 0 Å². The molecule has 3 aromatic rings. The van der Waals surface area contributed by atoms with Crippen LogP contribution in [-0.4, -0.2) is 36.2 Å². The van der Waals surface area contributed by atoms with Crippen LogP contribution in [-0.2, 0) is 17.8 Å². The first-order valence-corrected chi connectivity index (χ1v) is 11.1. The Morgan fingerprint density at radius 3 is 2.38 bits per heavy atom. The Bertz CT molecular complexity index is 1250. The van der Waals surface area contributed by atoms with Gasteiger partial charge < -0.3 is 20.1 Å². The molecule has 0 saturated carbocycles. The van der Waals surface area contributed by atoms with Gasteiger partial charge in [0.25, 0.3) is 5.56 Å². The zero-order valence-corrected chi connectivity index (χ0v) is 19.7. The molecule has 0 fully saturated rings. The zero-order valence-electron chi connectivity index (χ0n) is 19.7. The third-order valence-corrected chi connectivity index (χ3v) is 5.50. The summed E-state index contributed by atoms with van der Waals surface area (Å²) in [5.74, 6) is 0.874. The number of nitrogens with two attached hydrogens (primary N) is 1. The van der Waals surface area contributed by atoms with Gasteiger partial charge in [-0.3, -0.25) is 19.1 Å². The smallest absolute Gasteiger partial charge is 0.330 e. The number of hydrogen-bond acceptors (Lipinski definition) is 6. The van der Waals surface area contributed by atoms with Crippen molar-refractivity contribution in [2.24, 2.45) is 0 Å². The highest BCUT2D eigenvalue weighted by Gasteiger charge is 2.24. The van der Waals surface area contributed by atoms with Crippen molar-refractivity contribution in [2.45, 2.75) is 32.7 Å². The van der Waals surface area contributed by atoms with Gasteiger partial charge in [-0.25, -0.2) is 4.79 Å². The molecule has 0 atom stereocenters. The number of benzene rings is 2. The number of methoxy groups -OCH3 is 2. The van der Waals surface area contributed by atoms with Crippen LogP contribution >= 0.6 is 0 Å². The first-order valence-electron chi connectivity index (χ1n) is 11.1. The van der Waals surface area contributed by atoms with Crippen LogP contribution in [0.25, 0.3) is 0 Å². The molecule has 3 rings (SSSR count). The molecule has 9 nitrogen and oxygen atoms in total. The summed E-state index contributed by atoms with van der Waals surface area (Å²) in [5, 5.41) is 0. The molecule has 0 aliphatic rings. The molecular formula is C25H30N4O5. The highest BCUT2D eigenvalue weighted by Crippen LogP contribution is 2.28. The van der Waals surface area contributed by atoms with Crippen LogP contribution in [0.15, 0.2) is 58.1 Å². The molecule has 0 bridgehead atoms. The van der Waals surface area contributed by atoms with E-state index in [1.807, 2.05) is 49.4 Å². The van der Waals surface area contributed by atoms with E-state index in [0.717, 1.165) is 11.1 Å². The zero-order chi connectivity index (χ0) is 24.7. The first kappa shape index (κ1) is 24.6. The number of nitrogen functional groups attached to an aromatic ring is 1. The van der Waals surface area contributed by atoms with Crippen LogP contribution in [0, 0.1) is 0 Å². The number of ether oxygens (including phenoxy) is 2. The largest absolute Gasteiger partial charge is 0.493 e. The second-order valence-corrected chi connectivity index (χ2v) is 7.80. The molecule has 0 saturated heterocycles. The number of nitrogens with one attached hydrogen (secondary N) is 1. The normalized spacial score (nSPS) is 10.7. The van der Waals surface area contributed by atoms with Gasteiger partial charge in [-0.1, -0.05) is 43.3 Å². The summed E-state index contributed by atoms with van der Waals surface area (Å²) in [5.41, 5.74) is 6.72. The molecule has 1 aromatic heterocycles. The van der Waals surface area contributed by atoms with Crippen molar-refractivity contribution in [1.29, 1.82) is 0 Å². The van der Waals surface area contributed by atoms with E-state index in [2.05, 4.69) is 4.98 Å². The molecule has 0 radical (unpaired) electrons. The predicted molar refractivity (Wildman–Crippen MR) is 132 cm³/mol. The summed E-state index contributed by atoms with van der Waals surface area (Å²) < 4.78 is 11.9. The lowest BCUT2D eigenvalue weighted by Gasteiger charge is -2.25. The van der Waals surface area contributed by atoms with Crippen molar-refractivity contribution in [3.8, 4) is 11.5 Å². The standard InChI is InChI=1S/C25H30N4O5/c1-4-8-21(30)28(14-13-17-11-12-19(33-2)20(15-17)34-3)22-23(26)29(25(32)27-24(22)31)16-18-9-6-5-7-10-18/h5-7,9-12,15H,4,8,13-14,16,26H2,1-3H3,(H,27,31,32). The van der Waals surface area contributed by atoms with Gasteiger partial charge in [0.2, 0.25) is 5.91 Å². The van der Waals surface area contributed by atoms with Crippen LogP contribution in [0.3, 0.4) is 0 Å². The van der Waals surface area contributed by atoms with Gasteiger partial charge in [-0.05, 0) is 36.1 Å². The Labute approximate surface area is 197 Å². The van der Waals surface area contributed by atoms with Crippen LogP contribution in [0.5, 0.6) is 11.5 Å². The Hall–Kier alpha value is -4.01. The van der Waals surface area contributed by atoms with E-state index in [9.17, 15) is 14.4 Å². The van der Waals surface area contributed by atoms with Crippen LogP contribution in [0.1, 0.15) is 30.9 Å². The Morgan fingerprint density at radius 2 is 1.74 bits per heavy atom. The minimum Gasteiger partial charge on any atom is -0.493 e. The van der Waals surface area contributed by atoms with E-state index >= 15 is 0 Å². The molecule has 1 amide bonds. The number of carbonyl (C=O) groups is 1. The average molecular weight is 467 g/mol. The quantitative estimate of drug-likeness (QED) is 0.474. The second kappa shape index (κ2) is 11.2. The van der Waals surface area contributed by atoms with Gasteiger partial charge in [-0.15, -0.1) is 0 Å². The minimum absolute atomic E-state index is 0.0190. The molecule has 34 heavy (non-hydrogen) atoms. The van der Waals surface area contributed by atoms with Gasteiger partial charge in [0.05, 0.1) is 20.8 Å². The summed E-state index contributed by atoms with van der Waals surface area (Å²) in [6.45, 7) is 2.25. The van der Waals surface area contributed by atoms with Gasteiger partial charge in [-0.2, -0.15) is 0 Å². The van der Waals surface area contributed by atoms with Gasteiger partial charge in [0.1, 0.15) is 5.82 Å². The second-order valence-electron chi connectivity index (χ2n) is 7.80. The maximum atomic E-state index is 13.0. The molecule has 3 N–H and O–H groups in total. The molecule has 2 aromatic carbocycles. The van der Waals surface area contributed by atoms with Crippen molar-refractivity contribution in [2.75, 3.05) is 31.4 Å². The number of hydrogen-bond donors (Lipinski definition) is 2. The van der Waals surface area contributed by atoms with E-state index in [1.54, 1.807) is 20.3 Å². The molecule has 0 aliphatic heterocycles. The third-order valence-electron chi connectivity index (χ3n) is 5.50. The maximum absolute atomic E-state index is 13.0. The number of aromatic amines is 1. The Balaban J connectivity index is 1.99. The van der Waals surface area contributed by atoms with Crippen molar-refractivity contribution < 1.29 is 14.3 Å². The highest BCUT2D eigenvalue weighted by molar-refractivity contribution is 5.95. The monoisotopic (exact) mass is 466 g/mol. The van der Waals surface area contributed by atoms with E-state index in [4.69, 9.17) is 15.2 Å². The van der Waals surface area contributed by atoms with Crippen LogP contribution < -0.4 is 31.4 Å². The summed E-state index contributed by atoms with van der Waals surface area (Å²) in [4.78, 5) is 42.1. The lowest BCUT2D eigenvalue weighted by atomic mass is 10.1. The van der Waals surface area contributed by atoms with Crippen molar-refractivity contribution in [3.63, 3.8) is 0 Å². The first-order chi connectivity index (χ1) is 16.4. The summed E-state index contributed by atoms with van der Waals surface area (Å²) in [7, 11) is 3.11. The van der Waals surface area contributed by atoms with Crippen molar-refractivity contribution in [3.05, 3.63) is 80.5 Å². The van der Waals surface area contributed by atoms with E-state index in [0.29, 0.717) is 24.3 Å². The Morgan fingerprint density at radius 1 is 1.03 bits per heavy atom. The molecule has 0 unspecified atom stereocenters. The Kier molecular flexibility index (Phi) is 8.13. The van der Waals surface area contributed by atoms with Crippen molar-refractivity contribution in [1.82, 2.24) is 9.55 Å². The fourth-order valence-electron chi connectivity index (χ4n) is 3.75. The van der Waals surface area contributed by atoms with Gasteiger partial charge in [0, 0.05) is 13.0 Å². The van der Waals surface area contributed by atoms with E-state index in [1.165, 1.54) is 9.47 Å². The lowest BCUT2D eigenvalue weighted by Crippen LogP contribution is -2.42. The molecule has 1 heterocycles.